The highest BCUT2D eigenvalue weighted by Crippen LogP contribution is 2.37. The molecule has 204 valence electrons. The van der Waals surface area contributed by atoms with Gasteiger partial charge in [-0.2, -0.15) is 13.2 Å². The second-order valence-electron chi connectivity index (χ2n) is 8.53. The van der Waals surface area contributed by atoms with Gasteiger partial charge in [-0.25, -0.2) is 8.42 Å². The lowest BCUT2D eigenvalue weighted by Gasteiger charge is -2.32. The number of carbonyl (C=O) groups excluding carboxylic acids is 2. The van der Waals surface area contributed by atoms with Gasteiger partial charge < -0.3 is 10.2 Å². The molecule has 0 saturated carbocycles. The van der Waals surface area contributed by atoms with E-state index < -0.39 is 56.9 Å². The summed E-state index contributed by atoms with van der Waals surface area (Å²) in [5, 5.41) is 2.58. The number of hydrogen-bond acceptors (Lipinski definition) is 4. The smallest absolute Gasteiger partial charge is 0.352 e. The maximum Gasteiger partial charge on any atom is 0.417 e. The Morgan fingerprint density at radius 3 is 2.14 bits per heavy atom. The average molecular weight is 603 g/mol. The van der Waals surface area contributed by atoms with E-state index in [1.165, 1.54) is 19.1 Å². The van der Waals surface area contributed by atoms with Crippen LogP contribution in [0.4, 0.5) is 18.9 Å². The molecule has 0 fully saturated rings. The third-order valence-corrected chi connectivity index (χ3v) is 7.23. The zero-order valence-electron chi connectivity index (χ0n) is 20.2. The fourth-order valence-corrected chi connectivity index (χ4v) is 4.85. The van der Waals surface area contributed by atoms with Crippen LogP contribution < -0.4 is 9.62 Å². The number of sulfonamides is 1. The van der Waals surface area contributed by atoms with Crippen LogP contribution in [0.3, 0.4) is 0 Å². The van der Waals surface area contributed by atoms with Gasteiger partial charge in [0.2, 0.25) is 21.8 Å². The van der Waals surface area contributed by atoms with Gasteiger partial charge in [-0.1, -0.05) is 40.9 Å². The van der Waals surface area contributed by atoms with Crippen molar-refractivity contribution >= 4 is 62.3 Å². The van der Waals surface area contributed by atoms with E-state index in [4.69, 9.17) is 34.8 Å². The first-order valence-electron chi connectivity index (χ1n) is 10.8. The molecule has 14 heteroatoms. The molecular formula is C23H25Cl3F3N3O4S. The minimum absolute atomic E-state index is 0.201. The van der Waals surface area contributed by atoms with Gasteiger partial charge in [0, 0.05) is 22.6 Å². The molecule has 0 aliphatic rings. The van der Waals surface area contributed by atoms with Crippen molar-refractivity contribution in [1.82, 2.24) is 10.2 Å². The molecule has 0 bridgehead atoms. The first kappa shape index (κ1) is 31.0. The highest BCUT2D eigenvalue weighted by Gasteiger charge is 2.35. The Labute approximate surface area is 228 Å². The minimum atomic E-state index is -4.86. The van der Waals surface area contributed by atoms with Gasteiger partial charge in [-0.05, 0) is 56.7 Å². The summed E-state index contributed by atoms with van der Waals surface area (Å²) in [5.41, 5.74) is -1.26. The number of alkyl halides is 3. The lowest BCUT2D eigenvalue weighted by atomic mass is 10.1. The molecule has 7 nitrogen and oxygen atoms in total. The fourth-order valence-electron chi connectivity index (χ4n) is 3.32. The lowest BCUT2D eigenvalue weighted by molar-refractivity contribution is -0.139. The fraction of sp³-hybridized carbons (Fsp3) is 0.391. The average Bonchev–Trinajstić information content (AvgIpc) is 2.75. The summed E-state index contributed by atoms with van der Waals surface area (Å²) in [7, 11) is -4.24. The van der Waals surface area contributed by atoms with Crippen LogP contribution in [0, 0.1) is 0 Å². The first-order chi connectivity index (χ1) is 16.9. The molecule has 0 heterocycles. The van der Waals surface area contributed by atoms with Crippen molar-refractivity contribution in [2.75, 3.05) is 17.1 Å². The maximum atomic E-state index is 13.5. The first-order valence-corrected chi connectivity index (χ1v) is 13.8. The molecule has 0 aliphatic carbocycles. The number of benzene rings is 2. The van der Waals surface area contributed by atoms with E-state index in [9.17, 15) is 31.2 Å². The zero-order valence-corrected chi connectivity index (χ0v) is 23.3. The summed E-state index contributed by atoms with van der Waals surface area (Å²) in [6.45, 7) is 3.79. The molecule has 0 spiro atoms. The topological polar surface area (TPSA) is 86.8 Å². The number of hydrogen-bond donors (Lipinski definition) is 1. The van der Waals surface area contributed by atoms with Crippen molar-refractivity contribution in [3.63, 3.8) is 0 Å². The van der Waals surface area contributed by atoms with Gasteiger partial charge in [0.05, 0.1) is 22.5 Å². The van der Waals surface area contributed by atoms with Crippen LogP contribution in [-0.4, -0.2) is 50.0 Å². The van der Waals surface area contributed by atoms with Crippen molar-refractivity contribution in [2.24, 2.45) is 0 Å². The van der Waals surface area contributed by atoms with Gasteiger partial charge >= 0.3 is 6.18 Å². The lowest BCUT2D eigenvalue weighted by Crippen LogP contribution is -2.52. The van der Waals surface area contributed by atoms with E-state index in [1.54, 1.807) is 19.9 Å². The van der Waals surface area contributed by atoms with Gasteiger partial charge in [-0.3, -0.25) is 13.9 Å². The molecule has 0 radical (unpaired) electrons. The Hall–Kier alpha value is -2.21. The monoisotopic (exact) mass is 601 g/mol. The largest absolute Gasteiger partial charge is 0.417 e. The van der Waals surface area contributed by atoms with Crippen LogP contribution in [0.15, 0.2) is 36.4 Å². The molecule has 0 aromatic heterocycles. The van der Waals surface area contributed by atoms with Crippen LogP contribution in [0.1, 0.15) is 31.9 Å². The SMILES string of the molecule is CC(C)NC(=O)[C@H](C)N(Cc1ccc(Cl)cc1Cl)C(=O)CN(c1ccc(Cl)c(C(F)(F)F)c1)S(C)(=O)=O. The van der Waals surface area contributed by atoms with Crippen molar-refractivity contribution in [2.45, 2.75) is 45.6 Å². The van der Waals surface area contributed by atoms with Gasteiger partial charge in [0.25, 0.3) is 0 Å². The van der Waals surface area contributed by atoms with E-state index in [1.807, 2.05) is 0 Å². The standard InChI is InChI=1S/C23H25Cl3F3N3O4S/c1-13(2)30-22(34)14(3)31(11-15-5-6-16(24)9-20(15)26)21(33)12-32(37(4,35)36)17-7-8-19(25)18(10-17)23(27,28)29/h5-10,13-14H,11-12H2,1-4H3,(H,30,34)/t14-/m0/s1. The third-order valence-electron chi connectivity index (χ3n) is 5.18. The summed E-state index contributed by atoms with van der Waals surface area (Å²) in [6.07, 6.45) is -4.11. The number of nitrogens with zero attached hydrogens (tertiary/aromatic N) is 2. The molecule has 1 N–H and O–H groups in total. The van der Waals surface area contributed by atoms with E-state index in [-0.39, 0.29) is 17.6 Å². The third kappa shape index (κ3) is 8.39. The molecule has 1 atom stereocenters. The normalized spacial score (nSPS) is 12.8. The molecule has 37 heavy (non-hydrogen) atoms. The summed E-state index contributed by atoms with van der Waals surface area (Å²) in [4.78, 5) is 27.3. The van der Waals surface area contributed by atoms with Crippen molar-refractivity contribution in [3.05, 3.63) is 62.6 Å². The number of rotatable bonds is 9. The number of halogens is 6. The van der Waals surface area contributed by atoms with E-state index >= 15 is 0 Å². The molecule has 0 saturated heterocycles. The zero-order chi connectivity index (χ0) is 28.3. The Balaban J connectivity index is 2.51. The molecule has 2 rings (SSSR count). The van der Waals surface area contributed by atoms with Crippen LogP contribution in [0.5, 0.6) is 0 Å². The Morgan fingerprint density at radius 1 is 1.00 bits per heavy atom. The molecule has 2 aromatic carbocycles. The van der Waals surface area contributed by atoms with E-state index in [2.05, 4.69) is 5.32 Å². The minimum Gasteiger partial charge on any atom is -0.352 e. The molecule has 2 aromatic rings. The molecule has 2 amide bonds. The number of nitrogens with one attached hydrogen (secondary N) is 1. The molecule has 0 unspecified atom stereocenters. The summed E-state index contributed by atoms with van der Waals surface area (Å²) in [5.74, 6) is -1.38. The van der Waals surface area contributed by atoms with Gasteiger partial charge in [0.15, 0.2) is 0 Å². The second-order valence-corrected chi connectivity index (χ2v) is 11.7. The van der Waals surface area contributed by atoms with Crippen molar-refractivity contribution in [1.29, 1.82) is 0 Å². The van der Waals surface area contributed by atoms with Crippen LogP contribution >= 0.6 is 34.8 Å². The predicted molar refractivity (Wildman–Crippen MR) is 138 cm³/mol. The summed E-state index contributed by atoms with van der Waals surface area (Å²) < 4.78 is 65.8. The predicted octanol–water partition coefficient (Wildman–Crippen LogP) is 5.37. The molecule has 0 aliphatic heterocycles. The molecular weight excluding hydrogens is 578 g/mol. The van der Waals surface area contributed by atoms with Crippen LogP contribution in [-0.2, 0) is 32.3 Å². The summed E-state index contributed by atoms with van der Waals surface area (Å²) in [6, 6.07) is 5.67. The Kier molecular flexibility index (Phi) is 10.1. The number of carbonyl (C=O) groups is 2. The van der Waals surface area contributed by atoms with E-state index in [0.29, 0.717) is 21.0 Å². The highest BCUT2D eigenvalue weighted by atomic mass is 35.5. The summed E-state index contributed by atoms with van der Waals surface area (Å²) >= 11 is 17.8. The Bertz CT molecular complexity index is 1270. The van der Waals surface area contributed by atoms with Gasteiger partial charge in [0.1, 0.15) is 12.6 Å². The second kappa shape index (κ2) is 12.1. The van der Waals surface area contributed by atoms with Crippen molar-refractivity contribution < 1.29 is 31.2 Å². The highest BCUT2D eigenvalue weighted by molar-refractivity contribution is 7.92. The van der Waals surface area contributed by atoms with E-state index in [0.717, 1.165) is 23.3 Å². The maximum absolute atomic E-state index is 13.5. The quantitative estimate of drug-likeness (QED) is 0.418. The van der Waals surface area contributed by atoms with Crippen molar-refractivity contribution in [3.8, 4) is 0 Å². The van der Waals surface area contributed by atoms with Gasteiger partial charge in [-0.15, -0.1) is 0 Å². The number of anilines is 1. The van der Waals surface area contributed by atoms with Crippen LogP contribution in [0.2, 0.25) is 15.1 Å². The number of amides is 2. The Morgan fingerprint density at radius 2 is 1.62 bits per heavy atom. The van der Waals surface area contributed by atoms with Crippen LogP contribution in [0.25, 0.3) is 0 Å².